The lowest BCUT2D eigenvalue weighted by molar-refractivity contribution is -0.142. The van der Waals surface area contributed by atoms with Crippen LogP contribution in [0.5, 0.6) is 0 Å². The van der Waals surface area contributed by atoms with Crippen molar-refractivity contribution in [1.82, 2.24) is 14.9 Å². The van der Waals surface area contributed by atoms with Gasteiger partial charge < -0.3 is 10.2 Å². The number of hydrogen-bond acceptors (Lipinski definition) is 5. The zero-order valence-electron chi connectivity index (χ0n) is 14.0. The van der Waals surface area contributed by atoms with E-state index in [-0.39, 0.29) is 29.8 Å². The number of nitrogens with zero attached hydrogens (tertiary/aromatic N) is 3. The average Bonchev–Trinajstić information content (AvgIpc) is 3.37. The van der Waals surface area contributed by atoms with Crippen molar-refractivity contribution in [3.05, 3.63) is 41.2 Å². The SMILES string of the molecule is Cc1csc(NC(=O)[C@H]2CCC(=O)N(C3CC3)[C@@H]2c2ccncc2)n1. The van der Waals surface area contributed by atoms with Crippen LogP contribution in [0, 0.1) is 12.8 Å². The van der Waals surface area contributed by atoms with E-state index in [2.05, 4.69) is 15.3 Å². The first-order valence-electron chi connectivity index (χ1n) is 8.57. The van der Waals surface area contributed by atoms with E-state index in [9.17, 15) is 9.59 Å². The minimum Gasteiger partial charge on any atom is -0.332 e. The van der Waals surface area contributed by atoms with Crippen LogP contribution in [0.4, 0.5) is 5.13 Å². The van der Waals surface area contributed by atoms with Crippen molar-refractivity contribution in [3.8, 4) is 0 Å². The lowest BCUT2D eigenvalue weighted by Crippen LogP contribution is -2.47. The highest BCUT2D eigenvalue weighted by Crippen LogP contribution is 2.43. The van der Waals surface area contributed by atoms with Crippen molar-refractivity contribution in [2.24, 2.45) is 5.92 Å². The molecule has 0 unspecified atom stereocenters. The number of anilines is 1. The number of thiazole rings is 1. The Bertz CT molecular complexity index is 787. The first-order valence-corrected chi connectivity index (χ1v) is 9.45. The Kier molecular flexibility index (Phi) is 4.25. The lowest BCUT2D eigenvalue weighted by Gasteiger charge is -2.41. The van der Waals surface area contributed by atoms with Crippen molar-refractivity contribution < 1.29 is 9.59 Å². The second kappa shape index (κ2) is 6.55. The van der Waals surface area contributed by atoms with Gasteiger partial charge in [0.15, 0.2) is 5.13 Å². The molecular weight excluding hydrogens is 336 g/mol. The number of carbonyl (C=O) groups excluding carboxylic acids is 2. The molecule has 0 bridgehead atoms. The molecule has 0 radical (unpaired) electrons. The normalized spacial score (nSPS) is 23.6. The van der Waals surface area contributed by atoms with Gasteiger partial charge in [0.05, 0.1) is 17.7 Å². The fourth-order valence-corrected chi connectivity index (χ4v) is 4.23. The second-order valence-electron chi connectivity index (χ2n) is 6.69. The third kappa shape index (κ3) is 3.28. The molecule has 0 aromatic carbocycles. The van der Waals surface area contributed by atoms with E-state index >= 15 is 0 Å². The molecule has 6 nitrogen and oxygen atoms in total. The molecule has 1 aliphatic heterocycles. The van der Waals surface area contributed by atoms with Gasteiger partial charge in [-0.05, 0) is 43.9 Å². The van der Waals surface area contributed by atoms with Gasteiger partial charge in [0, 0.05) is 30.2 Å². The molecule has 4 rings (SSSR count). The van der Waals surface area contributed by atoms with E-state index in [0.717, 1.165) is 24.1 Å². The molecule has 1 aliphatic carbocycles. The van der Waals surface area contributed by atoms with E-state index < -0.39 is 0 Å². The van der Waals surface area contributed by atoms with Gasteiger partial charge in [-0.2, -0.15) is 0 Å². The van der Waals surface area contributed by atoms with Crippen LogP contribution in [0.15, 0.2) is 29.9 Å². The average molecular weight is 356 g/mol. The van der Waals surface area contributed by atoms with Crippen molar-refractivity contribution in [1.29, 1.82) is 0 Å². The summed E-state index contributed by atoms with van der Waals surface area (Å²) >= 11 is 1.43. The molecule has 2 aromatic rings. The quantitative estimate of drug-likeness (QED) is 0.914. The third-order valence-electron chi connectivity index (χ3n) is 4.81. The van der Waals surface area contributed by atoms with E-state index in [1.54, 1.807) is 12.4 Å². The topological polar surface area (TPSA) is 75.2 Å². The molecule has 3 heterocycles. The molecule has 2 atom stereocenters. The van der Waals surface area contributed by atoms with Crippen LogP contribution in [0.3, 0.4) is 0 Å². The number of aromatic nitrogens is 2. The number of nitrogens with one attached hydrogen (secondary N) is 1. The van der Waals surface area contributed by atoms with Gasteiger partial charge in [-0.3, -0.25) is 14.6 Å². The highest BCUT2D eigenvalue weighted by Gasteiger charge is 2.46. The van der Waals surface area contributed by atoms with Crippen LogP contribution in [-0.2, 0) is 9.59 Å². The maximum atomic E-state index is 13.0. The second-order valence-corrected chi connectivity index (χ2v) is 7.54. The largest absolute Gasteiger partial charge is 0.332 e. The third-order valence-corrected chi connectivity index (χ3v) is 5.69. The van der Waals surface area contributed by atoms with E-state index in [4.69, 9.17) is 0 Å². The Balaban J connectivity index is 1.64. The van der Waals surface area contributed by atoms with Crippen LogP contribution >= 0.6 is 11.3 Å². The Morgan fingerprint density at radius 1 is 1.28 bits per heavy atom. The summed E-state index contributed by atoms with van der Waals surface area (Å²) in [5.74, 6) is -0.183. The standard InChI is InChI=1S/C18H20N4O2S/c1-11-10-25-18(20-11)21-17(24)14-4-5-15(23)22(13-2-3-13)16(14)12-6-8-19-9-7-12/h6-10,13-14,16H,2-5H2,1H3,(H,20,21,24)/t14-,16+/m0/s1. The maximum Gasteiger partial charge on any atom is 0.231 e. The van der Waals surface area contributed by atoms with Gasteiger partial charge in [0.25, 0.3) is 0 Å². The molecule has 2 fully saturated rings. The Morgan fingerprint density at radius 3 is 2.68 bits per heavy atom. The Hall–Kier alpha value is -2.28. The molecule has 25 heavy (non-hydrogen) atoms. The molecule has 7 heteroatoms. The predicted octanol–water partition coefficient (Wildman–Crippen LogP) is 2.93. The number of aryl methyl sites for hydroxylation is 1. The summed E-state index contributed by atoms with van der Waals surface area (Å²) in [4.78, 5) is 35.8. The van der Waals surface area contributed by atoms with Crippen LogP contribution in [0.2, 0.25) is 0 Å². The smallest absolute Gasteiger partial charge is 0.231 e. The highest BCUT2D eigenvalue weighted by molar-refractivity contribution is 7.13. The summed E-state index contributed by atoms with van der Waals surface area (Å²) in [7, 11) is 0. The molecule has 1 saturated heterocycles. The van der Waals surface area contributed by atoms with Crippen LogP contribution < -0.4 is 5.32 Å². The molecule has 2 aliphatic rings. The fraction of sp³-hybridized carbons (Fsp3) is 0.444. The first-order chi connectivity index (χ1) is 12.1. The Morgan fingerprint density at radius 2 is 2.04 bits per heavy atom. The molecule has 2 aromatic heterocycles. The van der Waals surface area contributed by atoms with Crippen LogP contribution in [0.25, 0.3) is 0 Å². The number of pyridine rings is 1. The summed E-state index contributed by atoms with van der Waals surface area (Å²) in [5.41, 5.74) is 1.87. The zero-order chi connectivity index (χ0) is 17.4. The Labute approximate surface area is 150 Å². The number of hydrogen-bond donors (Lipinski definition) is 1. The summed E-state index contributed by atoms with van der Waals surface area (Å²) in [5, 5.41) is 5.47. The van der Waals surface area contributed by atoms with Gasteiger partial charge in [0.1, 0.15) is 0 Å². The number of rotatable bonds is 4. The van der Waals surface area contributed by atoms with Crippen molar-refractivity contribution in [3.63, 3.8) is 0 Å². The van der Waals surface area contributed by atoms with Crippen molar-refractivity contribution >= 4 is 28.3 Å². The van der Waals surface area contributed by atoms with E-state index in [1.165, 1.54) is 11.3 Å². The molecule has 2 amide bonds. The molecule has 130 valence electrons. The summed E-state index contributed by atoms with van der Waals surface area (Å²) < 4.78 is 0. The number of piperidine rings is 1. The molecule has 0 spiro atoms. The summed E-state index contributed by atoms with van der Waals surface area (Å²) in [6.45, 7) is 1.90. The van der Waals surface area contributed by atoms with Crippen molar-refractivity contribution in [2.75, 3.05) is 5.32 Å². The van der Waals surface area contributed by atoms with Gasteiger partial charge in [0.2, 0.25) is 11.8 Å². The highest BCUT2D eigenvalue weighted by atomic mass is 32.1. The van der Waals surface area contributed by atoms with Gasteiger partial charge in [-0.25, -0.2) is 4.98 Å². The van der Waals surface area contributed by atoms with E-state index in [0.29, 0.717) is 18.0 Å². The summed E-state index contributed by atoms with van der Waals surface area (Å²) in [6.07, 6.45) is 6.47. The number of carbonyl (C=O) groups is 2. The van der Waals surface area contributed by atoms with Crippen LogP contribution in [0.1, 0.15) is 43.0 Å². The van der Waals surface area contributed by atoms with Crippen LogP contribution in [-0.4, -0.2) is 32.7 Å². The van der Waals surface area contributed by atoms with Gasteiger partial charge in [-0.15, -0.1) is 11.3 Å². The summed E-state index contributed by atoms with van der Waals surface area (Å²) in [6, 6.07) is 3.86. The maximum absolute atomic E-state index is 13.0. The zero-order valence-corrected chi connectivity index (χ0v) is 14.8. The minimum atomic E-state index is -0.273. The molecule has 1 N–H and O–H groups in total. The van der Waals surface area contributed by atoms with E-state index in [1.807, 2.05) is 29.3 Å². The minimum absolute atomic E-state index is 0.0608. The van der Waals surface area contributed by atoms with Gasteiger partial charge >= 0.3 is 0 Å². The number of likely N-dealkylation sites (tertiary alicyclic amines) is 1. The van der Waals surface area contributed by atoms with Crippen molar-refractivity contribution in [2.45, 2.75) is 44.7 Å². The number of amides is 2. The first kappa shape index (κ1) is 16.2. The fourth-order valence-electron chi connectivity index (χ4n) is 3.54. The molecule has 1 saturated carbocycles. The van der Waals surface area contributed by atoms with Gasteiger partial charge in [-0.1, -0.05) is 0 Å². The monoisotopic (exact) mass is 356 g/mol. The lowest BCUT2D eigenvalue weighted by atomic mass is 9.83. The predicted molar refractivity (Wildman–Crippen MR) is 95.1 cm³/mol. The molecular formula is C18H20N4O2S.